The summed E-state index contributed by atoms with van der Waals surface area (Å²) < 4.78 is 13.7. The molecule has 1 aromatic carbocycles. The number of halogens is 2. The fourth-order valence-electron chi connectivity index (χ4n) is 2.97. The Morgan fingerprint density at radius 3 is 2.71 bits per heavy atom. The largest absolute Gasteiger partial charge is 0.324 e. The number of nitrogens with two attached hydrogens (primary N) is 1. The van der Waals surface area contributed by atoms with Crippen LogP contribution in [0, 0.1) is 17.2 Å². The van der Waals surface area contributed by atoms with Gasteiger partial charge in [-0.3, -0.25) is 0 Å². The first kappa shape index (κ1) is 13.0. The van der Waals surface area contributed by atoms with E-state index in [2.05, 4.69) is 29.8 Å². The summed E-state index contributed by atoms with van der Waals surface area (Å²) in [5.41, 5.74) is 7.67. The predicted molar refractivity (Wildman–Crippen MR) is 72.2 cm³/mol. The molecule has 2 unspecified atom stereocenters. The van der Waals surface area contributed by atoms with Gasteiger partial charge < -0.3 is 5.73 Å². The molecule has 0 bridgehead atoms. The van der Waals surface area contributed by atoms with Gasteiger partial charge in [0.05, 0.1) is 4.47 Å². The third kappa shape index (κ3) is 2.55. The summed E-state index contributed by atoms with van der Waals surface area (Å²) in [6, 6.07) is 5.11. The SMILES string of the molecule is CC1(C)CCCC1C(N)c1ccc(F)c(Br)c1. The predicted octanol–water partition coefficient (Wildman–Crippen LogP) is 4.41. The zero-order valence-electron chi connectivity index (χ0n) is 10.3. The maximum absolute atomic E-state index is 13.2. The summed E-state index contributed by atoms with van der Waals surface area (Å²) in [7, 11) is 0. The van der Waals surface area contributed by atoms with Gasteiger partial charge in [-0.05, 0) is 57.8 Å². The minimum absolute atomic E-state index is 0.00407. The van der Waals surface area contributed by atoms with Crippen LogP contribution in [-0.2, 0) is 0 Å². The van der Waals surface area contributed by atoms with Crippen LogP contribution in [0.4, 0.5) is 4.39 Å². The van der Waals surface area contributed by atoms with Crippen LogP contribution in [0.1, 0.15) is 44.7 Å². The zero-order valence-corrected chi connectivity index (χ0v) is 11.9. The van der Waals surface area contributed by atoms with Crippen molar-refractivity contribution in [1.82, 2.24) is 0 Å². The van der Waals surface area contributed by atoms with Crippen molar-refractivity contribution in [2.45, 2.75) is 39.2 Å². The van der Waals surface area contributed by atoms with Crippen LogP contribution in [0.15, 0.2) is 22.7 Å². The number of hydrogen-bond acceptors (Lipinski definition) is 1. The Hall–Kier alpha value is -0.410. The summed E-state index contributed by atoms with van der Waals surface area (Å²) in [6.07, 6.45) is 3.64. The summed E-state index contributed by atoms with van der Waals surface area (Å²) in [6.45, 7) is 4.56. The lowest BCUT2D eigenvalue weighted by atomic mass is 9.76. The average Bonchev–Trinajstić information content (AvgIpc) is 2.61. The van der Waals surface area contributed by atoms with Crippen LogP contribution in [0.3, 0.4) is 0 Å². The van der Waals surface area contributed by atoms with Gasteiger partial charge in [0.1, 0.15) is 5.82 Å². The first-order chi connectivity index (χ1) is 7.92. The Balaban J connectivity index is 2.25. The maximum Gasteiger partial charge on any atom is 0.137 e. The van der Waals surface area contributed by atoms with Crippen molar-refractivity contribution in [3.8, 4) is 0 Å². The highest BCUT2D eigenvalue weighted by Crippen LogP contribution is 2.48. The van der Waals surface area contributed by atoms with Crippen molar-refractivity contribution < 1.29 is 4.39 Å². The van der Waals surface area contributed by atoms with Gasteiger partial charge in [-0.1, -0.05) is 26.3 Å². The van der Waals surface area contributed by atoms with Crippen molar-refractivity contribution in [3.05, 3.63) is 34.1 Å². The quantitative estimate of drug-likeness (QED) is 0.860. The molecule has 1 saturated carbocycles. The third-order valence-corrected chi connectivity index (χ3v) is 4.71. The van der Waals surface area contributed by atoms with E-state index >= 15 is 0 Å². The zero-order chi connectivity index (χ0) is 12.6. The van der Waals surface area contributed by atoms with Crippen molar-refractivity contribution in [2.24, 2.45) is 17.1 Å². The summed E-state index contributed by atoms with van der Waals surface area (Å²) >= 11 is 3.22. The second-order valence-electron chi connectivity index (χ2n) is 5.69. The monoisotopic (exact) mass is 299 g/mol. The Kier molecular flexibility index (Phi) is 3.60. The molecule has 2 rings (SSSR count). The van der Waals surface area contributed by atoms with Gasteiger partial charge in [-0.2, -0.15) is 0 Å². The van der Waals surface area contributed by atoms with Gasteiger partial charge in [0.25, 0.3) is 0 Å². The standard InChI is InChI=1S/C14H19BrFN/c1-14(2)7-3-4-10(14)13(17)9-5-6-12(16)11(15)8-9/h5-6,8,10,13H,3-4,7,17H2,1-2H3. The Labute approximate surface area is 111 Å². The van der Waals surface area contributed by atoms with E-state index in [4.69, 9.17) is 5.73 Å². The average molecular weight is 300 g/mol. The lowest BCUT2D eigenvalue weighted by Crippen LogP contribution is -2.29. The van der Waals surface area contributed by atoms with Crippen LogP contribution < -0.4 is 5.73 Å². The van der Waals surface area contributed by atoms with Gasteiger partial charge in [-0.15, -0.1) is 0 Å². The Morgan fingerprint density at radius 2 is 2.18 bits per heavy atom. The molecule has 0 saturated heterocycles. The normalized spacial score (nSPS) is 24.9. The van der Waals surface area contributed by atoms with Crippen LogP contribution in [-0.4, -0.2) is 0 Å². The molecular weight excluding hydrogens is 281 g/mol. The highest BCUT2D eigenvalue weighted by molar-refractivity contribution is 9.10. The minimum Gasteiger partial charge on any atom is -0.324 e. The fourth-order valence-corrected chi connectivity index (χ4v) is 3.37. The Morgan fingerprint density at radius 1 is 1.47 bits per heavy atom. The molecule has 1 aliphatic carbocycles. The van der Waals surface area contributed by atoms with Crippen molar-refractivity contribution in [2.75, 3.05) is 0 Å². The van der Waals surface area contributed by atoms with Crippen LogP contribution in [0.5, 0.6) is 0 Å². The first-order valence-corrected chi connectivity index (χ1v) is 6.91. The van der Waals surface area contributed by atoms with E-state index in [1.165, 1.54) is 25.3 Å². The molecule has 94 valence electrons. The lowest BCUT2D eigenvalue weighted by Gasteiger charge is -2.32. The van der Waals surface area contributed by atoms with Crippen molar-refractivity contribution in [3.63, 3.8) is 0 Å². The third-order valence-electron chi connectivity index (χ3n) is 4.10. The van der Waals surface area contributed by atoms with E-state index in [9.17, 15) is 4.39 Å². The minimum atomic E-state index is -0.230. The molecule has 0 radical (unpaired) electrons. The van der Waals surface area contributed by atoms with Gasteiger partial charge in [-0.25, -0.2) is 4.39 Å². The summed E-state index contributed by atoms with van der Waals surface area (Å²) in [5, 5.41) is 0. The number of rotatable bonds is 2. The molecule has 2 atom stereocenters. The molecule has 17 heavy (non-hydrogen) atoms. The second kappa shape index (κ2) is 4.69. The first-order valence-electron chi connectivity index (χ1n) is 6.12. The van der Waals surface area contributed by atoms with Gasteiger partial charge in [0.15, 0.2) is 0 Å². The number of hydrogen-bond donors (Lipinski definition) is 1. The Bertz CT molecular complexity index is 417. The fraction of sp³-hybridized carbons (Fsp3) is 0.571. The van der Waals surface area contributed by atoms with Crippen LogP contribution >= 0.6 is 15.9 Å². The molecule has 1 nitrogen and oxygen atoms in total. The second-order valence-corrected chi connectivity index (χ2v) is 6.54. The molecule has 1 aliphatic rings. The van der Waals surface area contributed by atoms with Gasteiger partial charge in [0.2, 0.25) is 0 Å². The number of benzene rings is 1. The van der Waals surface area contributed by atoms with Crippen molar-refractivity contribution in [1.29, 1.82) is 0 Å². The molecule has 0 amide bonds. The molecule has 0 spiro atoms. The van der Waals surface area contributed by atoms with Crippen LogP contribution in [0.25, 0.3) is 0 Å². The highest BCUT2D eigenvalue weighted by Gasteiger charge is 2.38. The topological polar surface area (TPSA) is 26.0 Å². The lowest BCUT2D eigenvalue weighted by molar-refractivity contribution is 0.222. The maximum atomic E-state index is 13.2. The highest BCUT2D eigenvalue weighted by atomic mass is 79.9. The van der Waals surface area contributed by atoms with Gasteiger partial charge >= 0.3 is 0 Å². The molecular formula is C14H19BrFN. The van der Waals surface area contributed by atoms with E-state index in [1.54, 1.807) is 6.07 Å². The van der Waals surface area contributed by atoms with E-state index in [1.807, 2.05) is 6.07 Å². The van der Waals surface area contributed by atoms with Crippen LogP contribution in [0.2, 0.25) is 0 Å². The molecule has 1 aromatic rings. The van der Waals surface area contributed by atoms with E-state index < -0.39 is 0 Å². The molecule has 1 fully saturated rings. The molecule has 2 N–H and O–H groups in total. The van der Waals surface area contributed by atoms with E-state index in [0.29, 0.717) is 15.8 Å². The molecule has 0 heterocycles. The molecule has 0 aliphatic heterocycles. The van der Waals surface area contributed by atoms with Crippen molar-refractivity contribution >= 4 is 15.9 Å². The van der Waals surface area contributed by atoms with Gasteiger partial charge in [0, 0.05) is 6.04 Å². The molecule has 0 aromatic heterocycles. The summed E-state index contributed by atoms with van der Waals surface area (Å²) in [5.74, 6) is 0.256. The molecule has 3 heteroatoms. The smallest absolute Gasteiger partial charge is 0.137 e. The van der Waals surface area contributed by atoms with E-state index in [-0.39, 0.29) is 11.9 Å². The van der Waals surface area contributed by atoms with E-state index in [0.717, 1.165) is 5.56 Å². The summed E-state index contributed by atoms with van der Waals surface area (Å²) in [4.78, 5) is 0.